The summed E-state index contributed by atoms with van der Waals surface area (Å²) in [5.41, 5.74) is -0.380. The minimum atomic E-state index is -1.23. The molecule has 1 fully saturated rings. The average molecular weight is 359 g/mol. The second-order valence-electron chi connectivity index (χ2n) is 6.84. The number of piperidine rings is 1. The fraction of sp³-hybridized carbons (Fsp3) is 0.474. The van der Waals surface area contributed by atoms with Gasteiger partial charge in [-0.05, 0) is 36.6 Å². The van der Waals surface area contributed by atoms with Crippen molar-refractivity contribution in [3.05, 3.63) is 48.3 Å². The van der Waals surface area contributed by atoms with E-state index in [2.05, 4.69) is 10.00 Å². The second kappa shape index (κ2) is 7.88. The molecule has 2 heterocycles. The zero-order chi connectivity index (χ0) is 18.6. The number of carbonyl (C=O) groups is 1. The highest BCUT2D eigenvalue weighted by molar-refractivity contribution is 5.76. The Morgan fingerprint density at radius 3 is 2.92 bits per heavy atom. The highest BCUT2D eigenvalue weighted by Crippen LogP contribution is 2.35. The minimum Gasteiger partial charge on any atom is -0.497 e. The van der Waals surface area contributed by atoms with Gasteiger partial charge in [-0.3, -0.25) is 9.48 Å². The lowest BCUT2D eigenvalue weighted by Gasteiger charge is -2.43. The van der Waals surface area contributed by atoms with Crippen molar-refractivity contribution in [1.29, 1.82) is 0 Å². The van der Waals surface area contributed by atoms with Crippen LogP contribution in [0, 0.1) is 5.41 Å². The van der Waals surface area contributed by atoms with Crippen molar-refractivity contribution >= 4 is 5.97 Å². The number of hydrogen-bond donors (Lipinski definition) is 2. The molecule has 7 nitrogen and oxygen atoms in total. The SMILES string of the molecule is COc1cccc(C[C@@]2(C(=O)O)CN(CCn3cccn3)CC[C@H]2O)c1. The summed E-state index contributed by atoms with van der Waals surface area (Å²) in [6.07, 6.45) is 3.44. The number of rotatable bonds is 7. The van der Waals surface area contributed by atoms with Gasteiger partial charge in [0.2, 0.25) is 0 Å². The van der Waals surface area contributed by atoms with Crippen LogP contribution >= 0.6 is 0 Å². The molecule has 1 aliphatic heterocycles. The smallest absolute Gasteiger partial charge is 0.313 e. The first-order valence-corrected chi connectivity index (χ1v) is 8.78. The number of aliphatic hydroxyl groups is 1. The number of aromatic nitrogens is 2. The molecule has 1 saturated heterocycles. The Morgan fingerprint density at radius 2 is 2.23 bits per heavy atom. The summed E-state index contributed by atoms with van der Waals surface area (Å²) in [6.45, 7) is 2.37. The largest absolute Gasteiger partial charge is 0.497 e. The first kappa shape index (κ1) is 18.4. The molecule has 3 rings (SSSR count). The fourth-order valence-electron chi connectivity index (χ4n) is 3.64. The van der Waals surface area contributed by atoms with Crippen LogP contribution in [0.4, 0.5) is 0 Å². The van der Waals surface area contributed by atoms with E-state index in [-0.39, 0.29) is 6.42 Å². The van der Waals surface area contributed by atoms with Crippen molar-refractivity contribution in [3.63, 3.8) is 0 Å². The third kappa shape index (κ3) is 3.89. The normalized spacial score (nSPS) is 23.7. The van der Waals surface area contributed by atoms with Crippen molar-refractivity contribution in [2.75, 3.05) is 26.7 Å². The molecule has 2 atom stereocenters. The Labute approximate surface area is 152 Å². The van der Waals surface area contributed by atoms with E-state index in [9.17, 15) is 15.0 Å². The molecule has 1 aromatic heterocycles. The Kier molecular flexibility index (Phi) is 5.58. The second-order valence-corrected chi connectivity index (χ2v) is 6.84. The molecule has 7 heteroatoms. The highest BCUT2D eigenvalue weighted by atomic mass is 16.5. The van der Waals surface area contributed by atoms with E-state index in [0.717, 1.165) is 5.56 Å². The molecule has 2 aromatic rings. The molecule has 0 aliphatic carbocycles. The number of hydrogen-bond acceptors (Lipinski definition) is 5. The van der Waals surface area contributed by atoms with E-state index in [1.807, 2.05) is 41.2 Å². The number of nitrogens with zero attached hydrogens (tertiary/aromatic N) is 3. The van der Waals surface area contributed by atoms with Gasteiger partial charge in [0, 0.05) is 32.0 Å². The third-order valence-corrected chi connectivity index (χ3v) is 5.15. The van der Waals surface area contributed by atoms with Gasteiger partial charge in [-0.1, -0.05) is 12.1 Å². The van der Waals surface area contributed by atoms with Crippen molar-refractivity contribution < 1.29 is 19.7 Å². The number of aliphatic hydroxyl groups excluding tert-OH is 1. The minimum absolute atomic E-state index is 0.263. The van der Waals surface area contributed by atoms with Crippen LogP contribution in [0.5, 0.6) is 5.75 Å². The maximum Gasteiger partial charge on any atom is 0.313 e. The van der Waals surface area contributed by atoms with Gasteiger partial charge in [-0.15, -0.1) is 0 Å². The predicted octanol–water partition coefficient (Wildman–Crippen LogP) is 1.27. The lowest BCUT2D eigenvalue weighted by Crippen LogP contribution is -2.57. The molecule has 1 aromatic carbocycles. The standard InChI is InChI=1S/C19H25N3O4/c1-26-16-5-2-4-15(12-16)13-19(18(24)25)14-21(9-6-17(19)23)10-11-22-8-3-7-20-22/h2-5,7-8,12,17,23H,6,9-11,13-14H2,1H3,(H,24,25)/t17-,19-/m1/s1. The quantitative estimate of drug-likeness (QED) is 0.774. The monoisotopic (exact) mass is 359 g/mol. The van der Waals surface area contributed by atoms with E-state index in [0.29, 0.717) is 38.3 Å². The van der Waals surface area contributed by atoms with Gasteiger partial charge in [0.25, 0.3) is 0 Å². The Hall–Kier alpha value is -2.38. The lowest BCUT2D eigenvalue weighted by atomic mass is 9.73. The molecular formula is C19H25N3O4. The summed E-state index contributed by atoms with van der Waals surface area (Å²) in [7, 11) is 1.58. The zero-order valence-corrected chi connectivity index (χ0v) is 14.9. The summed E-state index contributed by atoms with van der Waals surface area (Å²) in [5, 5.41) is 24.8. The van der Waals surface area contributed by atoms with Gasteiger partial charge in [0.15, 0.2) is 0 Å². The van der Waals surface area contributed by atoms with Crippen molar-refractivity contribution in [1.82, 2.24) is 14.7 Å². The van der Waals surface area contributed by atoms with E-state index in [4.69, 9.17) is 4.74 Å². The molecule has 1 aliphatic rings. The van der Waals surface area contributed by atoms with Crippen LogP contribution in [-0.2, 0) is 17.8 Å². The Bertz CT molecular complexity index is 734. The molecule has 140 valence electrons. The molecule has 0 saturated carbocycles. The molecule has 26 heavy (non-hydrogen) atoms. The highest BCUT2D eigenvalue weighted by Gasteiger charge is 2.49. The van der Waals surface area contributed by atoms with Gasteiger partial charge < -0.3 is 19.8 Å². The Balaban J connectivity index is 1.76. The van der Waals surface area contributed by atoms with Crippen LogP contribution in [0.25, 0.3) is 0 Å². The van der Waals surface area contributed by atoms with Crippen LogP contribution in [0.15, 0.2) is 42.7 Å². The molecule has 0 radical (unpaired) electrons. The fourth-order valence-corrected chi connectivity index (χ4v) is 3.64. The van der Waals surface area contributed by atoms with Gasteiger partial charge in [0.05, 0.1) is 19.8 Å². The van der Waals surface area contributed by atoms with Crippen LogP contribution in [0.3, 0.4) is 0 Å². The molecular weight excluding hydrogens is 334 g/mol. The van der Waals surface area contributed by atoms with Gasteiger partial charge in [-0.2, -0.15) is 5.10 Å². The van der Waals surface area contributed by atoms with Crippen molar-refractivity contribution in [3.8, 4) is 5.75 Å². The number of ether oxygens (including phenoxy) is 1. The molecule has 2 N–H and O–H groups in total. The number of likely N-dealkylation sites (tertiary alicyclic amines) is 1. The summed E-state index contributed by atoms with van der Waals surface area (Å²) in [4.78, 5) is 14.3. The summed E-state index contributed by atoms with van der Waals surface area (Å²) in [5.74, 6) is -0.277. The maximum absolute atomic E-state index is 12.2. The number of methoxy groups -OCH3 is 1. The maximum atomic E-state index is 12.2. The molecule has 0 unspecified atom stereocenters. The topological polar surface area (TPSA) is 87.8 Å². The first-order valence-electron chi connectivity index (χ1n) is 8.78. The first-order chi connectivity index (χ1) is 12.5. The van der Waals surface area contributed by atoms with E-state index in [1.165, 1.54) is 0 Å². The average Bonchev–Trinajstić information content (AvgIpc) is 3.16. The van der Waals surface area contributed by atoms with Crippen LogP contribution in [-0.4, -0.2) is 63.7 Å². The number of benzene rings is 1. The van der Waals surface area contributed by atoms with E-state index >= 15 is 0 Å². The summed E-state index contributed by atoms with van der Waals surface area (Å²) >= 11 is 0. The van der Waals surface area contributed by atoms with E-state index < -0.39 is 17.5 Å². The van der Waals surface area contributed by atoms with Crippen LogP contribution in [0.1, 0.15) is 12.0 Å². The Morgan fingerprint density at radius 1 is 1.38 bits per heavy atom. The van der Waals surface area contributed by atoms with Crippen LogP contribution < -0.4 is 4.74 Å². The van der Waals surface area contributed by atoms with Gasteiger partial charge >= 0.3 is 5.97 Å². The number of carboxylic acid groups (broad SMARTS) is 1. The molecule has 0 spiro atoms. The summed E-state index contributed by atoms with van der Waals surface area (Å²) < 4.78 is 7.06. The van der Waals surface area contributed by atoms with Crippen LogP contribution in [0.2, 0.25) is 0 Å². The van der Waals surface area contributed by atoms with Crippen molar-refractivity contribution in [2.45, 2.75) is 25.5 Å². The van der Waals surface area contributed by atoms with Gasteiger partial charge in [0.1, 0.15) is 11.2 Å². The lowest BCUT2D eigenvalue weighted by molar-refractivity contribution is -0.163. The van der Waals surface area contributed by atoms with Crippen molar-refractivity contribution in [2.24, 2.45) is 5.41 Å². The predicted molar refractivity (Wildman–Crippen MR) is 96.1 cm³/mol. The van der Waals surface area contributed by atoms with Gasteiger partial charge in [-0.25, -0.2) is 0 Å². The number of aliphatic carboxylic acids is 1. The number of carboxylic acids is 1. The zero-order valence-electron chi connectivity index (χ0n) is 14.9. The summed E-state index contributed by atoms with van der Waals surface area (Å²) in [6, 6.07) is 9.24. The van der Waals surface area contributed by atoms with E-state index in [1.54, 1.807) is 13.3 Å². The molecule has 0 amide bonds. The molecule has 0 bridgehead atoms. The third-order valence-electron chi connectivity index (χ3n) is 5.15.